The maximum Gasteiger partial charge on any atom is 0.259 e. The first kappa shape index (κ1) is 14.6. The quantitative estimate of drug-likeness (QED) is 0.833. The van der Waals surface area contributed by atoms with Crippen LogP contribution in [0.2, 0.25) is 0 Å². The van der Waals surface area contributed by atoms with Gasteiger partial charge in [0.1, 0.15) is 5.56 Å². The van der Waals surface area contributed by atoms with E-state index in [1.165, 1.54) is 14.2 Å². The van der Waals surface area contributed by atoms with Crippen molar-refractivity contribution in [3.63, 3.8) is 0 Å². The molecule has 2 heterocycles. The number of rotatable bonds is 4. The normalized spacial score (nSPS) is 18.8. The van der Waals surface area contributed by atoms with E-state index in [2.05, 4.69) is 4.98 Å². The third kappa shape index (κ3) is 3.01. The van der Waals surface area contributed by atoms with Crippen LogP contribution in [0.1, 0.15) is 23.2 Å². The highest BCUT2D eigenvalue weighted by molar-refractivity contribution is 5.96. The fraction of sp³-hybridized carbons (Fsp3) is 0.571. The maximum absolute atomic E-state index is 12.6. The van der Waals surface area contributed by atoms with Gasteiger partial charge >= 0.3 is 0 Å². The number of aromatic nitrogens is 1. The molecule has 6 nitrogen and oxygen atoms in total. The average Bonchev–Trinajstić information content (AvgIpc) is 2.53. The second-order valence-electron chi connectivity index (χ2n) is 4.66. The Hall–Kier alpha value is -1.82. The second-order valence-corrected chi connectivity index (χ2v) is 4.66. The maximum atomic E-state index is 12.6. The van der Waals surface area contributed by atoms with Crippen LogP contribution < -0.4 is 9.47 Å². The molecule has 0 saturated carbocycles. The summed E-state index contributed by atoms with van der Waals surface area (Å²) in [5, 5.41) is 0. The number of carbonyl (C=O) groups excluding carboxylic acids is 1. The first-order valence-electron chi connectivity index (χ1n) is 6.60. The minimum Gasteiger partial charge on any atom is -0.481 e. The number of carbonyl (C=O) groups is 1. The van der Waals surface area contributed by atoms with Crippen molar-refractivity contribution >= 4 is 5.91 Å². The average molecular weight is 280 g/mol. The molecule has 1 atom stereocenters. The van der Waals surface area contributed by atoms with E-state index in [0.717, 1.165) is 19.4 Å². The molecule has 1 unspecified atom stereocenters. The smallest absolute Gasteiger partial charge is 0.259 e. The van der Waals surface area contributed by atoms with Crippen molar-refractivity contribution in [3.05, 3.63) is 17.7 Å². The van der Waals surface area contributed by atoms with Crippen molar-refractivity contribution in [3.8, 4) is 11.8 Å². The van der Waals surface area contributed by atoms with Gasteiger partial charge in [-0.05, 0) is 18.9 Å². The van der Waals surface area contributed by atoms with E-state index in [-0.39, 0.29) is 17.9 Å². The number of nitrogens with zero attached hydrogens (tertiary/aromatic N) is 2. The summed E-state index contributed by atoms with van der Waals surface area (Å²) in [5.74, 6) is 0.624. The number of ether oxygens (including phenoxy) is 3. The van der Waals surface area contributed by atoms with Crippen molar-refractivity contribution < 1.29 is 19.0 Å². The van der Waals surface area contributed by atoms with Gasteiger partial charge in [0.05, 0.1) is 20.3 Å². The van der Waals surface area contributed by atoms with Crippen LogP contribution >= 0.6 is 0 Å². The fourth-order valence-electron chi connectivity index (χ4n) is 2.34. The van der Waals surface area contributed by atoms with Gasteiger partial charge in [-0.15, -0.1) is 0 Å². The van der Waals surface area contributed by atoms with Crippen molar-refractivity contribution in [2.75, 3.05) is 34.4 Å². The minimum absolute atomic E-state index is 0.0845. The van der Waals surface area contributed by atoms with Crippen molar-refractivity contribution in [2.45, 2.75) is 18.9 Å². The molecule has 1 fully saturated rings. The Morgan fingerprint density at radius 3 is 2.75 bits per heavy atom. The van der Waals surface area contributed by atoms with Crippen LogP contribution in [0.5, 0.6) is 11.8 Å². The van der Waals surface area contributed by atoms with E-state index < -0.39 is 0 Å². The van der Waals surface area contributed by atoms with Gasteiger partial charge in [0, 0.05) is 26.3 Å². The zero-order valence-electron chi connectivity index (χ0n) is 12.1. The van der Waals surface area contributed by atoms with Crippen LogP contribution in [0.3, 0.4) is 0 Å². The van der Waals surface area contributed by atoms with Crippen LogP contribution in [0.25, 0.3) is 0 Å². The van der Waals surface area contributed by atoms with Crippen LogP contribution in [0.4, 0.5) is 0 Å². The van der Waals surface area contributed by atoms with Crippen molar-refractivity contribution in [1.29, 1.82) is 0 Å². The zero-order valence-corrected chi connectivity index (χ0v) is 12.1. The van der Waals surface area contributed by atoms with E-state index in [9.17, 15) is 4.79 Å². The number of likely N-dealkylation sites (tertiary alicyclic amines) is 1. The molecule has 6 heteroatoms. The number of pyridine rings is 1. The van der Waals surface area contributed by atoms with Gasteiger partial charge in [-0.1, -0.05) is 0 Å². The Balaban J connectivity index is 2.19. The first-order chi connectivity index (χ1) is 9.69. The van der Waals surface area contributed by atoms with Crippen molar-refractivity contribution in [2.24, 2.45) is 0 Å². The standard InChI is InChI=1S/C14H20N2O4/c1-18-10-5-4-8-16(9-10)14(17)11-6-7-12(19-2)15-13(11)20-3/h6-7,10H,4-5,8-9H2,1-3H3. The summed E-state index contributed by atoms with van der Waals surface area (Å²) in [6, 6.07) is 3.34. The summed E-state index contributed by atoms with van der Waals surface area (Å²) in [6.07, 6.45) is 2.03. The van der Waals surface area contributed by atoms with Crippen LogP contribution in [0, 0.1) is 0 Å². The molecule has 1 saturated heterocycles. The molecular formula is C14H20N2O4. The molecule has 0 spiro atoms. The largest absolute Gasteiger partial charge is 0.481 e. The molecule has 1 aromatic heterocycles. The van der Waals surface area contributed by atoms with E-state index in [1.807, 2.05) is 0 Å². The molecule has 0 aliphatic carbocycles. The Kier molecular flexibility index (Phi) is 4.79. The lowest BCUT2D eigenvalue weighted by molar-refractivity contribution is 0.0267. The molecule has 1 aromatic rings. The van der Waals surface area contributed by atoms with Crippen LogP contribution in [-0.2, 0) is 4.74 Å². The summed E-state index contributed by atoms with van der Waals surface area (Å²) in [5.41, 5.74) is 0.449. The van der Waals surface area contributed by atoms with Gasteiger partial charge in [-0.25, -0.2) is 0 Å². The molecule has 1 aliphatic rings. The fourth-order valence-corrected chi connectivity index (χ4v) is 2.34. The van der Waals surface area contributed by atoms with Crippen LogP contribution in [-0.4, -0.2) is 56.3 Å². The number of amides is 1. The highest BCUT2D eigenvalue weighted by atomic mass is 16.5. The lowest BCUT2D eigenvalue weighted by atomic mass is 10.1. The van der Waals surface area contributed by atoms with Crippen molar-refractivity contribution in [1.82, 2.24) is 9.88 Å². The second kappa shape index (κ2) is 6.56. The van der Waals surface area contributed by atoms with E-state index in [1.54, 1.807) is 24.1 Å². The SMILES string of the molecule is COc1ccc(C(=O)N2CCCC(OC)C2)c(OC)n1. The molecule has 1 amide bonds. The predicted octanol–water partition coefficient (Wildman–Crippen LogP) is 1.35. The molecule has 0 aromatic carbocycles. The molecule has 1 aliphatic heterocycles. The van der Waals surface area contributed by atoms with Gasteiger partial charge in [0.15, 0.2) is 0 Å². The van der Waals surface area contributed by atoms with Gasteiger partial charge < -0.3 is 19.1 Å². The molecule has 0 N–H and O–H groups in total. The van der Waals surface area contributed by atoms with Gasteiger partial charge in [-0.2, -0.15) is 4.98 Å². The number of piperidine rings is 1. The van der Waals surface area contributed by atoms with Crippen LogP contribution in [0.15, 0.2) is 12.1 Å². The molecule has 0 bridgehead atoms. The minimum atomic E-state index is -0.0845. The number of hydrogen-bond donors (Lipinski definition) is 0. The first-order valence-corrected chi connectivity index (χ1v) is 6.60. The Morgan fingerprint density at radius 1 is 1.30 bits per heavy atom. The zero-order chi connectivity index (χ0) is 14.5. The summed E-state index contributed by atoms with van der Waals surface area (Å²) in [6.45, 7) is 1.33. The van der Waals surface area contributed by atoms with E-state index in [0.29, 0.717) is 18.0 Å². The highest BCUT2D eigenvalue weighted by Crippen LogP contribution is 2.23. The summed E-state index contributed by atoms with van der Waals surface area (Å²) in [4.78, 5) is 18.5. The van der Waals surface area contributed by atoms with Gasteiger partial charge in [0.2, 0.25) is 11.8 Å². The lowest BCUT2D eigenvalue weighted by Crippen LogP contribution is -2.43. The van der Waals surface area contributed by atoms with Gasteiger partial charge in [-0.3, -0.25) is 4.79 Å². The van der Waals surface area contributed by atoms with E-state index >= 15 is 0 Å². The monoisotopic (exact) mass is 280 g/mol. The van der Waals surface area contributed by atoms with E-state index in [4.69, 9.17) is 14.2 Å². The highest BCUT2D eigenvalue weighted by Gasteiger charge is 2.26. The predicted molar refractivity (Wildman–Crippen MR) is 73.3 cm³/mol. The number of methoxy groups -OCH3 is 3. The summed E-state index contributed by atoms with van der Waals surface area (Å²) < 4.78 is 15.6. The molecule has 20 heavy (non-hydrogen) atoms. The summed E-state index contributed by atoms with van der Waals surface area (Å²) >= 11 is 0. The molecule has 0 radical (unpaired) electrons. The topological polar surface area (TPSA) is 60.9 Å². The third-order valence-electron chi connectivity index (χ3n) is 3.47. The lowest BCUT2D eigenvalue weighted by Gasteiger charge is -2.32. The Bertz CT molecular complexity index is 478. The number of hydrogen-bond acceptors (Lipinski definition) is 5. The Labute approximate surface area is 118 Å². The van der Waals surface area contributed by atoms with Gasteiger partial charge in [0.25, 0.3) is 5.91 Å². The molecular weight excluding hydrogens is 260 g/mol. The summed E-state index contributed by atoms with van der Waals surface area (Å²) in [7, 11) is 4.69. The third-order valence-corrected chi connectivity index (χ3v) is 3.47. The molecule has 110 valence electrons. The Morgan fingerprint density at radius 2 is 2.10 bits per heavy atom. The molecule has 2 rings (SSSR count).